The highest BCUT2D eigenvalue weighted by Crippen LogP contribution is 2.25. The van der Waals surface area contributed by atoms with Crippen LogP contribution in [0.15, 0.2) is 0 Å². The minimum Gasteiger partial charge on any atom is -0.469 e. The summed E-state index contributed by atoms with van der Waals surface area (Å²) >= 11 is 0. The minimum atomic E-state index is -1.06. The molecule has 4 heteroatoms. The van der Waals surface area contributed by atoms with Gasteiger partial charge in [-0.1, -0.05) is 6.92 Å². The van der Waals surface area contributed by atoms with Crippen LogP contribution in [0.1, 0.15) is 26.7 Å². The molecule has 0 aliphatic heterocycles. The van der Waals surface area contributed by atoms with Gasteiger partial charge >= 0.3 is 5.97 Å². The Balaban J connectivity index is 4.39. The number of methoxy groups -OCH3 is 2. The number of ether oxygens (including phenoxy) is 2. The van der Waals surface area contributed by atoms with Crippen molar-refractivity contribution in [2.75, 3.05) is 20.8 Å². The molecular weight excluding hydrogens is 184 g/mol. The molecule has 84 valence electrons. The number of esters is 1. The Morgan fingerprint density at radius 1 is 1.50 bits per heavy atom. The normalized spacial score (nSPS) is 17.2. The van der Waals surface area contributed by atoms with E-state index in [-0.39, 0.29) is 5.97 Å². The molecule has 0 rings (SSSR count). The number of hydrogen-bond acceptors (Lipinski definition) is 4. The van der Waals surface area contributed by atoms with E-state index in [1.165, 1.54) is 7.11 Å². The zero-order chi connectivity index (χ0) is 11.2. The first-order valence-electron chi connectivity index (χ1n) is 4.78. The Morgan fingerprint density at radius 3 is 2.43 bits per heavy atom. The van der Waals surface area contributed by atoms with E-state index in [0.29, 0.717) is 19.4 Å². The molecule has 0 radical (unpaired) electrons. The van der Waals surface area contributed by atoms with E-state index < -0.39 is 11.5 Å². The molecule has 4 nitrogen and oxygen atoms in total. The summed E-state index contributed by atoms with van der Waals surface area (Å²) in [4.78, 5) is 11.3. The topological polar surface area (TPSA) is 55.8 Å². The van der Waals surface area contributed by atoms with Gasteiger partial charge in [0.15, 0.2) is 0 Å². The zero-order valence-electron chi connectivity index (χ0n) is 9.37. The summed E-state index contributed by atoms with van der Waals surface area (Å²) in [7, 11) is 2.90. The second kappa shape index (κ2) is 5.98. The average molecular weight is 204 g/mol. The SMILES string of the molecule is CCC(C(=O)OC)C(C)(O)CCOC. The van der Waals surface area contributed by atoms with Crippen molar-refractivity contribution in [3.8, 4) is 0 Å². The molecule has 0 heterocycles. The number of aliphatic hydroxyl groups is 1. The molecule has 1 N–H and O–H groups in total. The van der Waals surface area contributed by atoms with Crippen LogP contribution in [0.3, 0.4) is 0 Å². The van der Waals surface area contributed by atoms with Crippen LogP contribution >= 0.6 is 0 Å². The number of hydrogen-bond donors (Lipinski definition) is 1. The largest absolute Gasteiger partial charge is 0.469 e. The van der Waals surface area contributed by atoms with Gasteiger partial charge in [-0.05, 0) is 13.3 Å². The van der Waals surface area contributed by atoms with Gasteiger partial charge in [-0.15, -0.1) is 0 Å². The highest BCUT2D eigenvalue weighted by molar-refractivity contribution is 5.73. The van der Waals surface area contributed by atoms with E-state index >= 15 is 0 Å². The zero-order valence-corrected chi connectivity index (χ0v) is 9.37. The molecule has 0 aromatic heterocycles. The third-order valence-corrected chi connectivity index (χ3v) is 2.46. The first-order chi connectivity index (χ1) is 6.49. The molecule has 0 fully saturated rings. The molecule has 0 saturated heterocycles. The van der Waals surface area contributed by atoms with Gasteiger partial charge in [0, 0.05) is 20.1 Å². The van der Waals surface area contributed by atoms with Crippen molar-refractivity contribution >= 4 is 5.97 Å². The molecule has 0 aliphatic carbocycles. The molecule has 0 bridgehead atoms. The quantitative estimate of drug-likeness (QED) is 0.655. The summed E-state index contributed by atoms with van der Waals surface area (Å²) in [6.07, 6.45) is 0.987. The highest BCUT2D eigenvalue weighted by atomic mass is 16.5. The molecule has 0 aromatic carbocycles. The van der Waals surface area contributed by atoms with Crippen molar-refractivity contribution in [1.82, 2.24) is 0 Å². The van der Waals surface area contributed by atoms with E-state index in [1.54, 1.807) is 14.0 Å². The standard InChI is InChI=1S/C10H20O4/c1-5-8(9(11)14-4)10(2,12)6-7-13-3/h8,12H,5-7H2,1-4H3. The van der Waals surface area contributed by atoms with Crippen molar-refractivity contribution in [3.05, 3.63) is 0 Å². The summed E-state index contributed by atoms with van der Waals surface area (Å²) < 4.78 is 9.50. The maximum absolute atomic E-state index is 11.3. The van der Waals surface area contributed by atoms with Crippen molar-refractivity contribution in [2.45, 2.75) is 32.3 Å². The van der Waals surface area contributed by atoms with Crippen LogP contribution in [0.2, 0.25) is 0 Å². The van der Waals surface area contributed by atoms with Gasteiger partial charge in [-0.3, -0.25) is 4.79 Å². The smallest absolute Gasteiger partial charge is 0.311 e. The van der Waals surface area contributed by atoms with Gasteiger partial charge in [-0.2, -0.15) is 0 Å². The van der Waals surface area contributed by atoms with Gasteiger partial charge < -0.3 is 14.6 Å². The van der Waals surface area contributed by atoms with Gasteiger partial charge in [0.05, 0.1) is 18.6 Å². The molecule has 0 spiro atoms. The molecule has 0 saturated carbocycles. The van der Waals surface area contributed by atoms with Crippen molar-refractivity contribution in [3.63, 3.8) is 0 Å². The van der Waals surface area contributed by atoms with Crippen molar-refractivity contribution < 1.29 is 19.4 Å². The summed E-state index contributed by atoms with van der Waals surface area (Å²) in [6.45, 7) is 3.92. The Labute approximate surface area is 85.2 Å². The number of carbonyl (C=O) groups is 1. The van der Waals surface area contributed by atoms with E-state index in [9.17, 15) is 9.90 Å². The summed E-state index contributed by atoms with van der Waals surface area (Å²) in [5, 5.41) is 10.0. The Kier molecular flexibility index (Phi) is 5.72. The molecule has 2 atom stereocenters. The monoisotopic (exact) mass is 204 g/mol. The van der Waals surface area contributed by atoms with Crippen LogP contribution in [0.4, 0.5) is 0 Å². The predicted octanol–water partition coefficient (Wildman–Crippen LogP) is 0.973. The van der Waals surface area contributed by atoms with Crippen LogP contribution in [-0.2, 0) is 14.3 Å². The van der Waals surface area contributed by atoms with E-state index in [0.717, 1.165) is 0 Å². The van der Waals surface area contributed by atoms with Gasteiger partial charge in [0.1, 0.15) is 0 Å². The summed E-state index contributed by atoms with van der Waals surface area (Å²) in [5.74, 6) is -0.851. The fraction of sp³-hybridized carbons (Fsp3) is 0.900. The van der Waals surface area contributed by atoms with Crippen LogP contribution in [0, 0.1) is 5.92 Å². The fourth-order valence-corrected chi connectivity index (χ4v) is 1.49. The van der Waals surface area contributed by atoms with Gasteiger partial charge in [-0.25, -0.2) is 0 Å². The first-order valence-corrected chi connectivity index (χ1v) is 4.78. The molecular formula is C10H20O4. The van der Waals surface area contributed by atoms with Crippen LogP contribution in [-0.4, -0.2) is 37.5 Å². The Morgan fingerprint density at radius 2 is 2.07 bits per heavy atom. The maximum atomic E-state index is 11.3. The number of carbonyl (C=O) groups excluding carboxylic acids is 1. The molecule has 0 amide bonds. The maximum Gasteiger partial charge on any atom is 0.311 e. The lowest BCUT2D eigenvalue weighted by Gasteiger charge is -2.29. The molecule has 0 aliphatic rings. The van der Waals surface area contributed by atoms with E-state index in [2.05, 4.69) is 4.74 Å². The first kappa shape index (κ1) is 13.4. The second-order valence-corrected chi connectivity index (χ2v) is 3.58. The number of rotatable bonds is 6. The molecule has 14 heavy (non-hydrogen) atoms. The van der Waals surface area contributed by atoms with Crippen LogP contribution < -0.4 is 0 Å². The van der Waals surface area contributed by atoms with E-state index in [4.69, 9.17) is 4.74 Å². The Hall–Kier alpha value is -0.610. The third-order valence-electron chi connectivity index (χ3n) is 2.46. The average Bonchev–Trinajstić information content (AvgIpc) is 2.15. The van der Waals surface area contributed by atoms with Crippen molar-refractivity contribution in [2.24, 2.45) is 5.92 Å². The van der Waals surface area contributed by atoms with Crippen molar-refractivity contribution in [1.29, 1.82) is 0 Å². The third kappa shape index (κ3) is 3.64. The predicted molar refractivity (Wildman–Crippen MR) is 52.9 cm³/mol. The highest BCUT2D eigenvalue weighted by Gasteiger charge is 2.36. The summed E-state index contributed by atoms with van der Waals surface area (Å²) in [5.41, 5.74) is -1.06. The molecule has 2 unspecified atom stereocenters. The Bertz CT molecular complexity index is 177. The summed E-state index contributed by atoms with van der Waals surface area (Å²) in [6, 6.07) is 0. The van der Waals surface area contributed by atoms with Crippen LogP contribution in [0.5, 0.6) is 0 Å². The van der Waals surface area contributed by atoms with Crippen LogP contribution in [0.25, 0.3) is 0 Å². The van der Waals surface area contributed by atoms with Gasteiger partial charge in [0.25, 0.3) is 0 Å². The second-order valence-electron chi connectivity index (χ2n) is 3.58. The lowest BCUT2D eigenvalue weighted by atomic mass is 9.84. The molecule has 0 aromatic rings. The van der Waals surface area contributed by atoms with E-state index in [1.807, 2.05) is 6.92 Å². The minimum absolute atomic E-state index is 0.367. The lowest BCUT2D eigenvalue weighted by molar-refractivity contribution is -0.156. The fourth-order valence-electron chi connectivity index (χ4n) is 1.49. The lowest BCUT2D eigenvalue weighted by Crippen LogP contribution is -2.40. The van der Waals surface area contributed by atoms with Gasteiger partial charge in [0.2, 0.25) is 0 Å².